The number of nitrogens with zero attached hydrogens (tertiary/aromatic N) is 4. The van der Waals surface area contributed by atoms with E-state index >= 15 is 0 Å². The molecule has 1 N–H and O–H groups in total. The second-order valence-electron chi connectivity index (χ2n) is 5.87. The summed E-state index contributed by atoms with van der Waals surface area (Å²) in [7, 11) is 1.63. The van der Waals surface area contributed by atoms with E-state index in [0.717, 1.165) is 10.2 Å². The van der Waals surface area contributed by atoms with Crippen molar-refractivity contribution < 1.29 is 14.3 Å². The number of anilines is 1. The topological polar surface area (TPSA) is 90.5 Å². The molecule has 9 heteroatoms. The summed E-state index contributed by atoms with van der Waals surface area (Å²) in [5.41, 5.74) is 1.94. The summed E-state index contributed by atoms with van der Waals surface area (Å²) in [6.07, 6.45) is 1.76. The zero-order valence-corrected chi connectivity index (χ0v) is 16.2. The highest BCUT2D eigenvalue weighted by Crippen LogP contribution is 2.22. The van der Waals surface area contributed by atoms with Gasteiger partial charge in [-0.1, -0.05) is 11.3 Å². The van der Waals surface area contributed by atoms with Crippen LogP contribution in [0.2, 0.25) is 0 Å². The quantitative estimate of drug-likeness (QED) is 0.702. The molecule has 0 bridgehead atoms. The number of amides is 2. The second-order valence-corrected chi connectivity index (χ2v) is 6.88. The highest BCUT2D eigenvalue weighted by atomic mass is 32.1. The number of benzene rings is 1. The molecule has 0 aliphatic heterocycles. The maximum atomic E-state index is 12.5. The van der Waals surface area contributed by atoms with E-state index in [1.54, 1.807) is 24.1 Å². The van der Waals surface area contributed by atoms with Gasteiger partial charge in [0, 0.05) is 39.0 Å². The van der Waals surface area contributed by atoms with Crippen LogP contribution in [0.25, 0.3) is 10.2 Å². The van der Waals surface area contributed by atoms with E-state index in [0.29, 0.717) is 35.9 Å². The standard InChI is InChI=1S/C18H21N5O3S/c1-4-22-8-7-14(21-22)17(25)20-18-23(9-10-26-3)15-6-5-13(19-12(2)24)11-16(15)27-18/h5-8,11H,4,9-10H2,1-3H3,(H,19,24). The van der Waals surface area contributed by atoms with Crippen LogP contribution in [-0.2, 0) is 22.6 Å². The smallest absolute Gasteiger partial charge is 0.300 e. The van der Waals surface area contributed by atoms with Crippen molar-refractivity contribution in [2.45, 2.75) is 26.9 Å². The lowest BCUT2D eigenvalue weighted by Crippen LogP contribution is -2.19. The minimum absolute atomic E-state index is 0.134. The molecule has 3 aromatic rings. The fourth-order valence-corrected chi connectivity index (χ4v) is 3.73. The Hall–Kier alpha value is -2.78. The highest BCUT2D eigenvalue weighted by Gasteiger charge is 2.12. The first-order valence-electron chi connectivity index (χ1n) is 8.54. The third-order valence-electron chi connectivity index (χ3n) is 3.90. The first-order chi connectivity index (χ1) is 13.0. The number of methoxy groups -OCH3 is 1. The summed E-state index contributed by atoms with van der Waals surface area (Å²) < 4.78 is 9.73. The zero-order chi connectivity index (χ0) is 19.4. The van der Waals surface area contributed by atoms with E-state index in [9.17, 15) is 9.59 Å². The number of thiazole rings is 1. The number of carbonyl (C=O) groups excluding carboxylic acids is 2. The Balaban J connectivity index is 2.05. The van der Waals surface area contributed by atoms with Gasteiger partial charge in [0.1, 0.15) is 0 Å². The number of carbonyl (C=O) groups is 2. The Labute approximate surface area is 160 Å². The molecular formula is C18H21N5O3S. The van der Waals surface area contributed by atoms with Crippen LogP contribution in [0.4, 0.5) is 5.69 Å². The summed E-state index contributed by atoms with van der Waals surface area (Å²) >= 11 is 1.39. The van der Waals surface area contributed by atoms with Gasteiger partial charge in [-0.05, 0) is 31.2 Å². The average molecular weight is 387 g/mol. The minimum Gasteiger partial charge on any atom is -0.383 e. The number of aromatic nitrogens is 3. The van der Waals surface area contributed by atoms with Crippen molar-refractivity contribution >= 4 is 39.1 Å². The van der Waals surface area contributed by atoms with Crippen LogP contribution >= 0.6 is 11.3 Å². The highest BCUT2D eigenvalue weighted by molar-refractivity contribution is 7.16. The van der Waals surface area contributed by atoms with Gasteiger partial charge >= 0.3 is 0 Å². The second kappa shape index (κ2) is 8.28. The molecule has 0 aliphatic carbocycles. The zero-order valence-electron chi connectivity index (χ0n) is 15.4. The first kappa shape index (κ1) is 19.0. The van der Waals surface area contributed by atoms with Crippen LogP contribution in [0.15, 0.2) is 35.5 Å². The van der Waals surface area contributed by atoms with Crippen LogP contribution in [0, 0.1) is 0 Å². The molecule has 0 aliphatic rings. The van der Waals surface area contributed by atoms with Gasteiger partial charge in [0.15, 0.2) is 10.5 Å². The molecular weight excluding hydrogens is 366 g/mol. The normalized spacial score (nSPS) is 11.9. The number of ether oxygens (including phenoxy) is 1. The Morgan fingerprint density at radius 2 is 2.15 bits per heavy atom. The fraction of sp³-hybridized carbons (Fsp3) is 0.333. The average Bonchev–Trinajstić information content (AvgIpc) is 3.23. The molecule has 142 valence electrons. The van der Waals surface area contributed by atoms with Crippen LogP contribution in [0.1, 0.15) is 24.3 Å². The molecule has 1 aromatic carbocycles. The van der Waals surface area contributed by atoms with Crippen LogP contribution in [0.5, 0.6) is 0 Å². The van der Waals surface area contributed by atoms with Crippen molar-refractivity contribution in [2.24, 2.45) is 4.99 Å². The van der Waals surface area contributed by atoms with E-state index in [1.165, 1.54) is 18.3 Å². The summed E-state index contributed by atoms with van der Waals surface area (Å²) in [5.74, 6) is -0.522. The van der Waals surface area contributed by atoms with E-state index in [2.05, 4.69) is 15.4 Å². The van der Waals surface area contributed by atoms with Gasteiger partial charge in [0.25, 0.3) is 5.91 Å². The molecule has 2 heterocycles. The van der Waals surface area contributed by atoms with Crippen molar-refractivity contribution in [2.75, 3.05) is 19.0 Å². The van der Waals surface area contributed by atoms with Gasteiger partial charge in [-0.2, -0.15) is 10.1 Å². The fourth-order valence-electron chi connectivity index (χ4n) is 2.63. The number of nitrogens with one attached hydrogen (secondary N) is 1. The number of rotatable bonds is 6. The number of hydrogen-bond donors (Lipinski definition) is 1. The Morgan fingerprint density at radius 1 is 1.33 bits per heavy atom. The summed E-state index contributed by atoms with van der Waals surface area (Å²) in [4.78, 5) is 28.7. The number of hydrogen-bond acceptors (Lipinski definition) is 5. The maximum absolute atomic E-state index is 12.5. The predicted molar refractivity (Wildman–Crippen MR) is 104 cm³/mol. The van der Waals surface area contributed by atoms with E-state index in [-0.39, 0.29) is 11.8 Å². The van der Waals surface area contributed by atoms with Crippen LogP contribution < -0.4 is 10.1 Å². The number of aryl methyl sites for hydroxylation is 1. The van der Waals surface area contributed by atoms with Gasteiger partial charge in [-0.25, -0.2) is 0 Å². The Morgan fingerprint density at radius 3 is 2.81 bits per heavy atom. The van der Waals surface area contributed by atoms with Gasteiger partial charge < -0.3 is 14.6 Å². The lowest BCUT2D eigenvalue weighted by Gasteiger charge is -2.05. The predicted octanol–water partition coefficient (Wildman–Crippen LogP) is 2.27. The van der Waals surface area contributed by atoms with Crippen molar-refractivity contribution in [1.29, 1.82) is 0 Å². The maximum Gasteiger partial charge on any atom is 0.300 e. The molecule has 2 amide bonds. The third kappa shape index (κ3) is 4.32. The van der Waals surface area contributed by atoms with Gasteiger partial charge in [-0.3, -0.25) is 14.3 Å². The SMILES string of the molecule is CCn1ccc(C(=O)N=c2sc3cc(NC(C)=O)ccc3n2CCOC)n1. The molecule has 8 nitrogen and oxygen atoms in total. The van der Waals surface area contributed by atoms with Gasteiger partial charge in [0.2, 0.25) is 5.91 Å². The van der Waals surface area contributed by atoms with Crippen molar-refractivity contribution in [3.05, 3.63) is 41.0 Å². The van der Waals surface area contributed by atoms with E-state index in [4.69, 9.17) is 4.74 Å². The summed E-state index contributed by atoms with van der Waals surface area (Å²) in [5, 5.41) is 6.98. The molecule has 27 heavy (non-hydrogen) atoms. The van der Waals surface area contributed by atoms with Gasteiger partial charge in [-0.15, -0.1) is 0 Å². The molecule has 0 unspecified atom stereocenters. The molecule has 0 saturated carbocycles. The summed E-state index contributed by atoms with van der Waals surface area (Å²) in [6, 6.07) is 7.27. The van der Waals surface area contributed by atoms with Crippen LogP contribution in [0.3, 0.4) is 0 Å². The lowest BCUT2D eigenvalue weighted by atomic mass is 10.3. The van der Waals surface area contributed by atoms with Crippen LogP contribution in [-0.4, -0.2) is 39.9 Å². The molecule has 0 fully saturated rings. The molecule has 2 aromatic heterocycles. The minimum atomic E-state index is -0.387. The Bertz CT molecular complexity index is 1050. The molecule has 0 radical (unpaired) electrons. The first-order valence-corrected chi connectivity index (χ1v) is 9.36. The molecule has 3 rings (SSSR count). The van der Waals surface area contributed by atoms with Gasteiger partial charge in [0.05, 0.1) is 16.8 Å². The monoisotopic (exact) mass is 387 g/mol. The number of fused-ring (bicyclic) bond motifs is 1. The third-order valence-corrected chi connectivity index (χ3v) is 4.94. The largest absolute Gasteiger partial charge is 0.383 e. The molecule has 0 saturated heterocycles. The van der Waals surface area contributed by atoms with Crippen molar-refractivity contribution in [1.82, 2.24) is 14.3 Å². The van der Waals surface area contributed by atoms with E-state index < -0.39 is 0 Å². The van der Waals surface area contributed by atoms with Crippen molar-refractivity contribution in [3.63, 3.8) is 0 Å². The van der Waals surface area contributed by atoms with Crippen molar-refractivity contribution in [3.8, 4) is 0 Å². The lowest BCUT2D eigenvalue weighted by molar-refractivity contribution is -0.114. The summed E-state index contributed by atoms with van der Waals surface area (Å²) in [6.45, 7) is 5.16. The molecule has 0 atom stereocenters. The Kier molecular flexibility index (Phi) is 5.82. The molecule has 0 spiro atoms. The van der Waals surface area contributed by atoms with E-state index in [1.807, 2.05) is 29.7 Å².